The molecule has 1 fully saturated rings. The minimum atomic E-state index is 0.436. The number of para-hydroxylation sites is 1. The van der Waals surface area contributed by atoms with Crippen LogP contribution in [0.1, 0.15) is 43.6 Å². The summed E-state index contributed by atoms with van der Waals surface area (Å²) in [6, 6.07) is 8.97. The minimum Gasteiger partial charge on any atom is -0.493 e. The van der Waals surface area contributed by atoms with Crippen molar-refractivity contribution in [1.82, 2.24) is 4.90 Å². The molecule has 0 spiro atoms. The highest BCUT2D eigenvalue weighted by molar-refractivity contribution is 5.79. The van der Waals surface area contributed by atoms with Gasteiger partial charge >= 0.3 is 0 Å². The van der Waals surface area contributed by atoms with Gasteiger partial charge in [-0.3, -0.25) is 4.79 Å². The number of Topliss-reactive ketones (excluding diaryl/α,β-unsaturated/α-hetero) is 1. The first kappa shape index (κ1) is 13.6. The van der Waals surface area contributed by atoms with E-state index >= 15 is 0 Å². The molecule has 1 heterocycles. The Morgan fingerprint density at radius 2 is 1.95 bits per heavy atom. The predicted octanol–water partition coefficient (Wildman–Crippen LogP) is 3.00. The van der Waals surface area contributed by atoms with Gasteiger partial charge in [-0.25, -0.2) is 0 Å². The summed E-state index contributed by atoms with van der Waals surface area (Å²) >= 11 is 0. The van der Waals surface area contributed by atoms with Gasteiger partial charge in [-0.15, -0.1) is 0 Å². The van der Waals surface area contributed by atoms with Crippen molar-refractivity contribution in [3.63, 3.8) is 0 Å². The number of benzene rings is 1. The zero-order chi connectivity index (χ0) is 13.9. The normalized spacial score (nSPS) is 23.5. The average molecular weight is 273 g/mol. The highest BCUT2D eigenvalue weighted by Gasteiger charge is 2.27. The van der Waals surface area contributed by atoms with Gasteiger partial charge in [0, 0.05) is 31.3 Å². The SMILES string of the molecule is CN(CC1CCOc2ccccc21)C1CCC(=O)CC1. The number of nitrogens with zero attached hydrogens (tertiary/aromatic N) is 1. The lowest BCUT2D eigenvalue weighted by molar-refractivity contribution is -0.121. The van der Waals surface area contributed by atoms with Crippen molar-refractivity contribution >= 4 is 5.78 Å². The lowest BCUT2D eigenvalue weighted by Crippen LogP contribution is -2.38. The Labute approximate surface area is 120 Å². The molecule has 1 aliphatic carbocycles. The first-order chi connectivity index (χ1) is 9.74. The van der Waals surface area contributed by atoms with Crippen molar-refractivity contribution in [3.8, 4) is 5.75 Å². The van der Waals surface area contributed by atoms with Crippen LogP contribution in [-0.4, -0.2) is 36.9 Å². The zero-order valence-corrected chi connectivity index (χ0v) is 12.2. The van der Waals surface area contributed by atoms with Crippen LogP contribution in [0.3, 0.4) is 0 Å². The maximum Gasteiger partial charge on any atom is 0.133 e. The lowest BCUT2D eigenvalue weighted by Gasteiger charge is -2.35. The van der Waals surface area contributed by atoms with Crippen LogP contribution in [-0.2, 0) is 4.79 Å². The molecule has 0 bridgehead atoms. The Morgan fingerprint density at radius 3 is 2.75 bits per heavy atom. The summed E-state index contributed by atoms with van der Waals surface area (Å²) in [5.41, 5.74) is 1.34. The third-order valence-corrected chi connectivity index (χ3v) is 4.73. The van der Waals surface area contributed by atoms with E-state index in [1.54, 1.807) is 0 Å². The predicted molar refractivity (Wildman–Crippen MR) is 79.2 cm³/mol. The highest BCUT2D eigenvalue weighted by atomic mass is 16.5. The van der Waals surface area contributed by atoms with Crippen molar-refractivity contribution in [2.45, 2.75) is 44.1 Å². The summed E-state index contributed by atoms with van der Waals surface area (Å²) in [4.78, 5) is 13.8. The quantitative estimate of drug-likeness (QED) is 0.848. The van der Waals surface area contributed by atoms with E-state index in [1.807, 2.05) is 6.07 Å². The monoisotopic (exact) mass is 273 g/mol. The molecule has 1 aromatic rings. The van der Waals surface area contributed by atoms with Crippen molar-refractivity contribution in [1.29, 1.82) is 0 Å². The van der Waals surface area contributed by atoms with Crippen molar-refractivity contribution in [2.24, 2.45) is 0 Å². The molecule has 2 aliphatic rings. The molecule has 3 heteroatoms. The zero-order valence-electron chi connectivity index (χ0n) is 12.2. The molecule has 1 aromatic carbocycles. The van der Waals surface area contributed by atoms with E-state index in [0.29, 0.717) is 17.7 Å². The third kappa shape index (κ3) is 2.88. The van der Waals surface area contributed by atoms with E-state index in [-0.39, 0.29) is 0 Å². The summed E-state index contributed by atoms with van der Waals surface area (Å²) in [5.74, 6) is 2.05. The molecule has 3 nitrogen and oxygen atoms in total. The first-order valence-electron chi connectivity index (χ1n) is 7.67. The van der Waals surface area contributed by atoms with E-state index < -0.39 is 0 Å². The summed E-state index contributed by atoms with van der Waals surface area (Å²) in [6.45, 7) is 1.89. The lowest BCUT2D eigenvalue weighted by atomic mass is 9.89. The largest absolute Gasteiger partial charge is 0.493 e. The summed E-state index contributed by atoms with van der Waals surface area (Å²) in [7, 11) is 2.21. The van der Waals surface area contributed by atoms with Gasteiger partial charge in [0.2, 0.25) is 0 Å². The minimum absolute atomic E-state index is 0.436. The molecule has 1 aliphatic heterocycles. The van der Waals surface area contributed by atoms with Crippen molar-refractivity contribution < 1.29 is 9.53 Å². The van der Waals surface area contributed by atoms with Gasteiger partial charge in [0.05, 0.1) is 6.61 Å². The maximum atomic E-state index is 11.3. The summed E-state index contributed by atoms with van der Waals surface area (Å²) in [6.07, 6.45) is 4.67. The number of fused-ring (bicyclic) bond motifs is 1. The number of ether oxygens (including phenoxy) is 1. The van der Waals surface area contributed by atoms with Gasteiger partial charge in [0.25, 0.3) is 0 Å². The second-order valence-electron chi connectivity index (χ2n) is 6.08. The van der Waals surface area contributed by atoms with E-state index in [4.69, 9.17) is 4.74 Å². The fraction of sp³-hybridized carbons (Fsp3) is 0.588. The molecule has 108 valence electrons. The molecule has 0 N–H and O–H groups in total. The van der Waals surface area contributed by atoms with Gasteiger partial charge < -0.3 is 9.64 Å². The molecule has 0 radical (unpaired) electrons. The molecule has 20 heavy (non-hydrogen) atoms. The number of ketones is 1. The number of carbonyl (C=O) groups excluding carboxylic acids is 1. The smallest absolute Gasteiger partial charge is 0.133 e. The molecule has 0 saturated heterocycles. The van der Waals surface area contributed by atoms with E-state index in [9.17, 15) is 4.79 Å². The first-order valence-corrected chi connectivity index (χ1v) is 7.67. The Kier molecular flexibility index (Phi) is 4.06. The Hall–Kier alpha value is -1.35. The Bertz CT molecular complexity index is 476. The fourth-order valence-corrected chi connectivity index (χ4v) is 3.47. The molecule has 1 unspecified atom stereocenters. The van der Waals surface area contributed by atoms with Gasteiger partial charge in [-0.05, 0) is 37.9 Å². The standard InChI is InChI=1S/C17H23NO2/c1-18(14-6-8-15(19)9-7-14)12-13-10-11-20-17-5-3-2-4-16(13)17/h2-5,13-14H,6-12H2,1H3. The van der Waals surface area contributed by atoms with Crippen LogP contribution in [0.5, 0.6) is 5.75 Å². The number of rotatable bonds is 3. The van der Waals surface area contributed by atoms with Crippen LogP contribution in [0.25, 0.3) is 0 Å². The van der Waals surface area contributed by atoms with Crippen molar-refractivity contribution in [2.75, 3.05) is 20.2 Å². The maximum absolute atomic E-state index is 11.3. The van der Waals surface area contributed by atoms with Crippen LogP contribution in [0.4, 0.5) is 0 Å². The van der Waals surface area contributed by atoms with E-state index in [1.165, 1.54) is 5.56 Å². The number of hydrogen-bond acceptors (Lipinski definition) is 3. The molecular weight excluding hydrogens is 250 g/mol. The van der Waals surface area contributed by atoms with Gasteiger partial charge in [-0.1, -0.05) is 18.2 Å². The van der Waals surface area contributed by atoms with E-state index in [2.05, 4.69) is 30.1 Å². The van der Waals surface area contributed by atoms with Crippen LogP contribution in [0.2, 0.25) is 0 Å². The van der Waals surface area contributed by atoms with E-state index in [0.717, 1.165) is 51.0 Å². The van der Waals surface area contributed by atoms with Crippen LogP contribution in [0, 0.1) is 0 Å². The fourth-order valence-electron chi connectivity index (χ4n) is 3.47. The third-order valence-electron chi connectivity index (χ3n) is 4.73. The molecule has 0 amide bonds. The topological polar surface area (TPSA) is 29.5 Å². The van der Waals surface area contributed by atoms with Crippen LogP contribution < -0.4 is 4.74 Å². The second-order valence-corrected chi connectivity index (χ2v) is 6.08. The van der Waals surface area contributed by atoms with Gasteiger partial charge in [-0.2, -0.15) is 0 Å². The highest BCUT2D eigenvalue weighted by Crippen LogP contribution is 2.34. The Balaban J connectivity index is 1.65. The van der Waals surface area contributed by atoms with Gasteiger partial charge in [0.1, 0.15) is 11.5 Å². The summed E-state index contributed by atoms with van der Waals surface area (Å²) < 4.78 is 5.73. The van der Waals surface area contributed by atoms with Crippen LogP contribution >= 0.6 is 0 Å². The summed E-state index contributed by atoms with van der Waals surface area (Å²) in [5, 5.41) is 0. The molecule has 3 rings (SSSR count). The van der Waals surface area contributed by atoms with Crippen molar-refractivity contribution in [3.05, 3.63) is 29.8 Å². The molecule has 1 atom stereocenters. The van der Waals surface area contributed by atoms with Gasteiger partial charge in [0.15, 0.2) is 0 Å². The Morgan fingerprint density at radius 1 is 1.20 bits per heavy atom. The molecule has 0 aromatic heterocycles. The van der Waals surface area contributed by atoms with Crippen LogP contribution in [0.15, 0.2) is 24.3 Å². The second kappa shape index (κ2) is 5.96. The average Bonchev–Trinajstić information content (AvgIpc) is 2.48. The number of likely N-dealkylation sites (N-methyl/N-ethyl adjacent to an activating group) is 1. The number of hydrogen-bond donors (Lipinski definition) is 0. The molecule has 1 saturated carbocycles. The number of carbonyl (C=O) groups is 1. The molecular formula is C17H23NO2.